The van der Waals surface area contributed by atoms with Crippen LogP contribution in [0, 0.1) is 23.7 Å². The molecule has 3 atom stereocenters. The normalized spacial score (nSPS) is 32.9. The Morgan fingerprint density at radius 3 is 2.59 bits per heavy atom. The second kappa shape index (κ2) is 6.08. The highest BCUT2D eigenvalue weighted by Crippen LogP contribution is 2.54. The zero-order valence-electron chi connectivity index (χ0n) is 16.6. The van der Waals surface area contributed by atoms with E-state index in [4.69, 9.17) is 4.84 Å². The maximum atomic E-state index is 12.9. The zero-order valence-corrected chi connectivity index (χ0v) is 16.6. The summed E-state index contributed by atoms with van der Waals surface area (Å²) in [5.41, 5.74) is 1.64. The van der Waals surface area contributed by atoms with Crippen molar-refractivity contribution in [1.82, 2.24) is 14.5 Å². The monoisotopic (exact) mass is 370 g/mol. The second-order valence-electron chi connectivity index (χ2n) is 9.67. The molecule has 6 heteroatoms. The van der Waals surface area contributed by atoms with Crippen LogP contribution in [0.5, 0.6) is 0 Å². The van der Waals surface area contributed by atoms with Crippen molar-refractivity contribution in [3.8, 4) is 0 Å². The topological polar surface area (TPSA) is 59.7 Å². The van der Waals surface area contributed by atoms with Crippen LogP contribution in [0.1, 0.15) is 69.4 Å². The number of hydrogen-bond acceptors (Lipinski definition) is 4. The molecule has 0 N–H and O–H groups in total. The second-order valence-corrected chi connectivity index (χ2v) is 9.67. The molecule has 27 heavy (non-hydrogen) atoms. The van der Waals surface area contributed by atoms with Crippen molar-refractivity contribution in [2.75, 3.05) is 13.1 Å². The molecule has 1 saturated heterocycles. The van der Waals surface area contributed by atoms with Gasteiger partial charge in [0.15, 0.2) is 0 Å². The quantitative estimate of drug-likeness (QED) is 0.815. The van der Waals surface area contributed by atoms with Crippen LogP contribution in [0.25, 0.3) is 0 Å². The van der Waals surface area contributed by atoms with Crippen LogP contribution in [-0.2, 0) is 4.84 Å². The third-order valence-corrected chi connectivity index (χ3v) is 7.26. The standard InChI is InChI=1S/C21H30N4O2/c1-13(14-6-4-5-7-14)25-11-18(22-12-25)20(26)24-9-15-16(10-24)19(15)17-8-21(2,3)27-23-17/h11-16,19H,4-10H2,1-3H3/t13-,15?,16?,19?/m1/s1. The van der Waals surface area contributed by atoms with Gasteiger partial charge in [-0.25, -0.2) is 4.98 Å². The van der Waals surface area contributed by atoms with Crippen LogP contribution in [0.4, 0.5) is 0 Å². The number of nitrogens with zero attached hydrogens (tertiary/aromatic N) is 4. The lowest BCUT2D eigenvalue weighted by Gasteiger charge is -2.20. The first-order valence-corrected chi connectivity index (χ1v) is 10.5. The highest BCUT2D eigenvalue weighted by Gasteiger charge is 2.60. The molecule has 146 valence electrons. The third kappa shape index (κ3) is 2.97. The Labute approximate surface area is 161 Å². The van der Waals surface area contributed by atoms with Gasteiger partial charge in [0.05, 0.1) is 12.0 Å². The molecule has 0 aromatic carbocycles. The van der Waals surface area contributed by atoms with Crippen molar-refractivity contribution >= 4 is 11.6 Å². The van der Waals surface area contributed by atoms with E-state index in [-0.39, 0.29) is 11.5 Å². The first-order chi connectivity index (χ1) is 12.9. The third-order valence-electron chi connectivity index (χ3n) is 7.26. The first-order valence-electron chi connectivity index (χ1n) is 10.5. The molecule has 2 aliphatic heterocycles. The lowest BCUT2D eigenvalue weighted by atomic mass is 9.98. The lowest BCUT2D eigenvalue weighted by Crippen LogP contribution is -2.33. The van der Waals surface area contributed by atoms with Gasteiger partial charge in [-0.3, -0.25) is 4.79 Å². The summed E-state index contributed by atoms with van der Waals surface area (Å²) in [6.07, 6.45) is 9.99. The fourth-order valence-electron chi connectivity index (χ4n) is 5.56. The van der Waals surface area contributed by atoms with Crippen LogP contribution >= 0.6 is 0 Å². The van der Waals surface area contributed by atoms with Crippen molar-refractivity contribution in [2.45, 2.75) is 64.5 Å². The number of amides is 1. The summed E-state index contributed by atoms with van der Waals surface area (Å²) in [6, 6.07) is 0.432. The van der Waals surface area contributed by atoms with Crippen molar-refractivity contribution < 1.29 is 9.63 Å². The van der Waals surface area contributed by atoms with E-state index >= 15 is 0 Å². The number of oxime groups is 1. The molecular formula is C21H30N4O2. The Morgan fingerprint density at radius 2 is 1.96 bits per heavy atom. The van der Waals surface area contributed by atoms with Crippen molar-refractivity contribution in [1.29, 1.82) is 0 Å². The smallest absolute Gasteiger partial charge is 0.274 e. The largest absolute Gasteiger partial charge is 0.389 e. The van der Waals surface area contributed by atoms with Gasteiger partial charge in [0.1, 0.15) is 11.3 Å². The average Bonchev–Trinajstić information content (AvgIpc) is 3.26. The summed E-state index contributed by atoms with van der Waals surface area (Å²) in [4.78, 5) is 24.8. The van der Waals surface area contributed by atoms with Gasteiger partial charge in [0, 0.05) is 37.7 Å². The molecule has 2 unspecified atom stereocenters. The van der Waals surface area contributed by atoms with Gasteiger partial charge in [0.2, 0.25) is 0 Å². The van der Waals surface area contributed by atoms with Crippen LogP contribution in [-0.4, -0.2) is 44.8 Å². The maximum Gasteiger partial charge on any atom is 0.274 e. The highest BCUT2D eigenvalue weighted by atomic mass is 16.7. The number of imidazole rings is 1. The van der Waals surface area contributed by atoms with E-state index in [1.807, 2.05) is 17.4 Å². The van der Waals surface area contributed by atoms with E-state index in [1.54, 1.807) is 0 Å². The minimum absolute atomic E-state index is 0.0864. The molecule has 3 fully saturated rings. The Morgan fingerprint density at radius 1 is 1.26 bits per heavy atom. The predicted octanol–water partition coefficient (Wildman–Crippen LogP) is 3.51. The Bertz CT molecular complexity index is 765. The fraction of sp³-hybridized carbons (Fsp3) is 0.762. The van der Waals surface area contributed by atoms with Gasteiger partial charge < -0.3 is 14.3 Å². The lowest BCUT2D eigenvalue weighted by molar-refractivity contribution is 0.0123. The van der Waals surface area contributed by atoms with Gasteiger partial charge in [-0.2, -0.15) is 0 Å². The van der Waals surface area contributed by atoms with Crippen molar-refractivity contribution in [3.63, 3.8) is 0 Å². The Balaban J connectivity index is 1.19. The van der Waals surface area contributed by atoms with Crippen LogP contribution in [0.15, 0.2) is 17.7 Å². The maximum absolute atomic E-state index is 12.9. The number of carbonyl (C=O) groups is 1. The Kier molecular flexibility index (Phi) is 3.89. The number of likely N-dealkylation sites (tertiary alicyclic amines) is 1. The SMILES string of the molecule is C[C@H](C1CCCC1)n1cnc(C(=O)N2CC3C(C2)C3C2=NOC(C)(C)C2)c1. The van der Waals surface area contributed by atoms with E-state index in [0.717, 1.165) is 25.4 Å². The molecule has 3 heterocycles. The number of piperidine rings is 1. The molecule has 1 aromatic heterocycles. The summed E-state index contributed by atoms with van der Waals surface area (Å²) in [7, 11) is 0. The summed E-state index contributed by atoms with van der Waals surface area (Å²) in [5.74, 6) is 2.45. The van der Waals surface area contributed by atoms with Gasteiger partial charge in [-0.15, -0.1) is 0 Å². The number of carbonyl (C=O) groups excluding carboxylic acids is 1. The summed E-state index contributed by atoms with van der Waals surface area (Å²) >= 11 is 0. The van der Waals surface area contributed by atoms with E-state index < -0.39 is 0 Å². The minimum Gasteiger partial charge on any atom is -0.389 e. The van der Waals surface area contributed by atoms with Crippen molar-refractivity contribution in [3.05, 3.63) is 18.2 Å². The first kappa shape index (κ1) is 17.3. The molecule has 1 amide bonds. The van der Waals surface area contributed by atoms with Gasteiger partial charge >= 0.3 is 0 Å². The van der Waals surface area contributed by atoms with E-state index in [1.165, 1.54) is 31.4 Å². The number of aromatic nitrogens is 2. The fourth-order valence-corrected chi connectivity index (χ4v) is 5.56. The molecule has 0 radical (unpaired) electrons. The van der Waals surface area contributed by atoms with Crippen molar-refractivity contribution in [2.24, 2.45) is 28.8 Å². The molecule has 0 spiro atoms. The molecule has 5 rings (SSSR count). The van der Waals surface area contributed by atoms with Crippen LogP contribution < -0.4 is 0 Å². The van der Waals surface area contributed by atoms with E-state index in [2.05, 4.69) is 35.5 Å². The molecule has 2 aliphatic carbocycles. The van der Waals surface area contributed by atoms with Gasteiger partial charge in [-0.1, -0.05) is 18.0 Å². The molecule has 2 saturated carbocycles. The highest BCUT2D eigenvalue weighted by molar-refractivity contribution is 5.94. The zero-order chi connectivity index (χ0) is 18.8. The van der Waals surface area contributed by atoms with Crippen LogP contribution in [0.3, 0.4) is 0 Å². The van der Waals surface area contributed by atoms with Gasteiger partial charge in [0.25, 0.3) is 5.91 Å². The molecule has 6 nitrogen and oxygen atoms in total. The summed E-state index contributed by atoms with van der Waals surface area (Å²) in [5, 5.41) is 4.32. The van der Waals surface area contributed by atoms with Gasteiger partial charge in [-0.05, 0) is 51.4 Å². The summed E-state index contributed by atoms with van der Waals surface area (Å²) < 4.78 is 2.15. The molecule has 0 bridgehead atoms. The molecule has 4 aliphatic rings. The number of fused-ring (bicyclic) bond motifs is 1. The summed E-state index contributed by atoms with van der Waals surface area (Å²) in [6.45, 7) is 8.09. The van der Waals surface area contributed by atoms with E-state index in [0.29, 0.717) is 29.5 Å². The average molecular weight is 370 g/mol. The van der Waals surface area contributed by atoms with Crippen LogP contribution in [0.2, 0.25) is 0 Å². The molecular weight excluding hydrogens is 340 g/mol. The molecule has 1 aromatic rings. The van der Waals surface area contributed by atoms with E-state index in [9.17, 15) is 4.79 Å². The Hall–Kier alpha value is -1.85. The number of hydrogen-bond donors (Lipinski definition) is 0. The number of rotatable bonds is 4. The predicted molar refractivity (Wildman–Crippen MR) is 102 cm³/mol. The minimum atomic E-state index is -0.162.